The molecular formula is C11H17ClN2S. The fraction of sp³-hybridized carbons (Fsp3) is 0.727. The van der Waals surface area contributed by atoms with Gasteiger partial charge in [-0.15, -0.1) is 22.9 Å². The van der Waals surface area contributed by atoms with Gasteiger partial charge in [-0.3, -0.25) is 0 Å². The molecule has 4 heteroatoms. The van der Waals surface area contributed by atoms with Crippen molar-refractivity contribution in [1.82, 2.24) is 4.98 Å². The molecule has 2 unspecified atom stereocenters. The summed E-state index contributed by atoms with van der Waals surface area (Å²) in [6.07, 6.45) is 6.83. The van der Waals surface area contributed by atoms with Crippen LogP contribution >= 0.6 is 22.9 Å². The Kier molecular flexibility index (Phi) is 3.87. The Bertz CT molecular complexity index is 287. The third-order valence-corrected chi connectivity index (χ3v) is 3.88. The molecule has 1 aliphatic rings. The number of thiazole rings is 1. The zero-order valence-corrected chi connectivity index (χ0v) is 10.6. The van der Waals surface area contributed by atoms with Gasteiger partial charge in [0.15, 0.2) is 5.13 Å². The Morgan fingerprint density at radius 3 is 3.20 bits per heavy atom. The second-order valence-corrected chi connectivity index (χ2v) is 5.79. The summed E-state index contributed by atoms with van der Waals surface area (Å²) in [4.78, 5) is 6.84. The van der Waals surface area contributed by atoms with E-state index in [2.05, 4.69) is 16.8 Å². The van der Waals surface area contributed by atoms with Crippen LogP contribution in [-0.4, -0.2) is 22.9 Å². The van der Waals surface area contributed by atoms with Gasteiger partial charge >= 0.3 is 0 Å². The molecule has 2 heterocycles. The molecule has 0 saturated carbocycles. The molecular weight excluding hydrogens is 228 g/mol. The fourth-order valence-electron chi connectivity index (χ4n) is 2.23. The van der Waals surface area contributed by atoms with E-state index in [1.165, 1.54) is 19.3 Å². The number of anilines is 1. The molecule has 1 aromatic heterocycles. The van der Waals surface area contributed by atoms with Crippen molar-refractivity contribution in [2.24, 2.45) is 0 Å². The van der Waals surface area contributed by atoms with Crippen molar-refractivity contribution in [3.05, 3.63) is 11.6 Å². The van der Waals surface area contributed by atoms with Crippen molar-refractivity contribution in [1.29, 1.82) is 0 Å². The minimum absolute atomic E-state index is 0.260. The molecule has 2 nitrogen and oxygen atoms in total. The van der Waals surface area contributed by atoms with E-state index in [0.717, 1.165) is 18.1 Å². The molecule has 0 amide bonds. The summed E-state index contributed by atoms with van der Waals surface area (Å²) in [6.45, 7) is 3.22. The van der Waals surface area contributed by atoms with E-state index in [4.69, 9.17) is 11.6 Å². The Balaban J connectivity index is 2.06. The van der Waals surface area contributed by atoms with Gasteiger partial charge in [0.25, 0.3) is 0 Å². The van der Waals surface area contributed by atoms with Gasteiger partial charge in [-0.2, -0.15) is 0 Å². The number of alkyl halides is 1. The zero-order valence-electron chi connectivity index (χ0n) is 9.03. The predicted molar refractivity (Wildman–Crippen MR) is 67.0 cm³/mol. The van der Waals surface area contributed by atoms with Crippen LogP contribution < -0.4 is 4.90 Å². The number of piperidine rings is 1. The van der Waals surface area contributed by atoms with E-state index in [1.54, 1.807) is 11.3 Å². The van der Waals surface area contributed by atoms with Crippen LogP contribution in [0.4, 0.5) is 5.13 Å². The zero-order chi connectivity index (χ0) is 10.7. The number of halogens is 1. The summed E-state index contributed by atoms with van der Waals surface area (Å²) < 4.78 is 0. The van der Waals surface area contributed by atoms with Crippen LogP contribution in [0.2, 0.25) is 0 Å². The highest BCUT2D eigenvalue weighted by molar-refractivity contribution is 7.13. The van der Waals surface area contributed by atoms with Crippen LogP contribution in [0, 0.1) is 0 Å². The molecule has 1 aliphatic heterocycles. The summed E-state index contributed by atoms with van der Waals surface area (Å²) in [6, 6.07) is 0.595. The molecule has 0 N–H and O–H groups in total. The molecule has 1 saturated heterocycles. The lowest BCUT2D eigenvalue weighted by Crippen LogP contribution is -2.40. The maximum absolute atomic E-state index is 6.09. The highest BCUT2D eigenvalue weighted by atomic mass is 35.5. The minimum atomic E-state index is 0.260. The van der Waals surface area contributed by atoms with Gasteiger partial charge in [-0.05, 0) is 32.6 Å². The maximum Gasteiger partial charge on any atom is 0.185 e. The second-order valence-electron chi connectivity index (χ2n) is 4.17. The topological polar surface area (TPSA) is 16.1 Å². The maximum atomic E-state index is 6.09. The van der Waals surface area contributed by atoms with Crippen molar-refractivity contribution in [3.63, 3.8) is 0 Å². The van der Waals surface area contributed by atoms with Crippen LogP contribution in [0.3, 0.4) is 0 Å². The van der Waals surface area contributed by atoms with Crippen molar-refractivity contribution < 1.29 is 0 Å². The molecule has 0 aromatic carbocycles. The lowest BCUT2D eigenvalue weighted by atomic mass is 9.99. The normalized spacial score (nSPS) is 24.1. The number of nitrogens with zero attached hydrogens (tertiary/aromatic N) is 2. The van der Waals surface area contributed by atoms with Gasteiger partial charge in [-0.25, -0.2) is 4.98 Å². The summed E-state index contributed by atoms with van der Waals surface area (Å²) in [5, 5.41) is 3.47. The van der Waals surface area contributed by atoms with Gasteiger partial charge < -0.3 is 4.90 Å². The standard InChI is InChI=1S/C11H17ClN2S/c1-9(12)8-10-4-2-3-6-14(10)11-13-5-7-15-11/h5,7,9-10H,2-4,6,8H2,1H3. The summed E-state index contributed by atoms with van der Waals surface area (Å²) in [7, 11) is 0. The van der Waals surface area contributed by atoms with Crippen molar-refractivity contribution in [2.75, 3.05) is 11.4 Å². The van der Waals surface area contributed by atoms with E-state index in [-0.39, 0.29) is 5.38 Å². The van der Waals surface area contributed by atoms with E-state index in [9.17, 15) is 0 Å². The van der Waals surface area contributed by atoms with Crippen LogP contribution in [0.1, 0.15) is 32.6 Å². The molecule has 84 valence electrons. The third kappa shape index (κ3) is 2.85. The lowest BCUT2D eigenvalue weighted by Gasteiger charge is -2.36. The van der Waals surface area contributed by atoms with Crippen molar-refractivity contribution in [3.8, 4) is 0 Å². The van der Waals surface area contributed by atoms with E-state index in [1.807, 2.05) is 11.6 Å². The Labute approximate surface area is 100 Å². The van der Waals surface area contributed by atoms with E-state index < -0.39 is 0 Å². The first kappa shape index (κ1) is 11.2. The van der Waals surface area contributed by atoms with Crippen LogP contribution in [-0.2, 0) is 0 Å². The number of hydrogen-bond acceptors (Lipinski definition) is 3. The first-order chi connectivity index (χ1) is 7.27. The molecule has 0 radical (unpaired) electrons. The fourth-order valence-corrected chi connectivity index (χ4v) is 3.18. The molecule has 2 rings (SSSR count). The summed E-state index contributed by atoms with van der Waals surface area (Å²) in [5.74, 6) is 0. The molecule has 2 atom stereocenters. The number of rotatable bonds is 3. The van der Waals surface area contributed by atoms with Gasteiger partial charge in [0, 0.05) is 29.5 Å². The minimum Gasteiger partial charge on any atom is -0.345 e. The van der Waals surface area contributed by atoms with Crippen LogP contribution in [0.5, 0.6) is 0 Å². The molecule has 1 aromatic rings. The third-order valence-electron chi connectivity index (χ3n) is 2.89. The number of aromatic nitrogens is 1. The highest BCUT2D eigenvalue weighted by Gasteiger charge is 2.25. The number of hydrogen-bond donors (Lipinski definition) is 0. The summed E-state index contributed by atoms with van der Waals surface area (Å²) in [5.41, 5.74) is 0. The van der Waals surface area contributed by atoms with E-state index in [0.29, 0.717) is 6.04 Å². The molecule has 15 heavy (non-hydrogen) atoms. The molecule has 0 spiro atoms. The Morgan fingerprint density at radius 1 is 1.67 bits per heavy atom. The van der Waals surface area contributed by atoms with Gasteiger partial charge in [-0.1, -0.05) is 0 Å². The Morgan fingerprint density at radius 2 is 2.53 bits per heavy atom. The molecule has 0 bridgehead atoms. The van der Waals surface area contributed by atoms with Crippen molar-refractivity contribution >= 4 is 28.1 Å². The average Bonchev–Trinajstić information content (AvgIpc) is 2.70. The monoisotopic (exact) mass is 244 g/mol. The van der Waals surface area contributed by atoms with Gasteiger partial charge in [0.2, 0.25) is 0 Å². The first-order valence-electron chi connectivity index (χ1n) is 5.57. The smallest absolute Gasteiger partial charge is 0.185 e. The Hall–Kier alpha value is -0.280. The average molecular weight is 245 g/mol. The molecule has 1 fully saturated rings. The second kappa shape index (κ2) is 5.17. The van der Waals surface area contributed by atoms with Gasteiger partial charge in [0.05, 0.1) is 0 Å². The predicted octanol–water partition coefficient (Wildman–Crippen LogP) is 3.52. The molecule has 0 aliphatic carbocycles. The van der Waals surface area contributed by atoms with Crippen LogP contribution in [0.25, 0.3) is 0 Å². The quantitative estimate of drug-likeness (QED) is 0.757. The van der Waals surface area contributed by atoms with Crippen molar-refractivity contribution in [2.45, 2.75) is 44.0 Å². The first-order valence-corrected chi connectivity index (χ1v) is 6.89. The summed E-state index contributed by atoms with van der Waals surface area (Å²) >= 11 is 7.83. The lowest BCUT2D eigenvalue weighted by molar-refractivity contribution is 0.436. The van der Waals surface area contributed by atoms with Crippen LogP contribution in [0.15, 0.2) is 11.6 Å². The van der Waals surface area contributed by atoms with E-state index >= 15 is 0 Å². The van der Waals surface area contributed by atoms with Gasteiger partial charge in [0.1, 0.15) is 0 Å². The largest absolute Gasteiger partial charge is 0.345 e. The highest BCUT2D eigenvalue weighted by Crippen LogP contribution is 2.29. The SMILES string of the molecule is CC(Cl)CC1CCCCN1c1nccs1.